The Hall–Kier alpha value is -2.54. The van der Waals surface area contributed by atoms with E-state index in [9.17, 15) is 9.59 Å². The van der Waals surface area contributed by atoms with E-state index in [4.69, 9.17) is 39.5 Å². The number of nitrogens with one attached hydrogen (secondary N) is 1. The van der Waals surface area contributed by atoms with Gasteiger partial charge in [-0.2, -0.15) is 5.10 Å². The number of benzene rings is 2. The summed E-state index contributed by atoms with van der Waals surface area (Å²) in [6, 6.07) is 14.4. The molecule has 3 aromatic rings. The molecule has 0 unspecified atom stereocenters. The molecule has 0 saturated heterocycles. The van der Waals surface area contributed by atoms with Crippen LogP contribution in [-0.4, -0.2) is 28.3 Å². The number of carbonyl (C=O) groups excluding carboxylic acids is 2. The summed E-state index contributed by atoms with van der Waals surface area (Å²) in [6.45, 7) is 1.54. The maximum atomic E-state index is 12.4. The number of aromatic nitrogens is 2. The number of ether oxygens (including phenoxy) is 1. The lowest BCUT2D eigenvalue weighted by Crippen LogP contribution is -2.21. The minimum atomic E-state index is -0.737. The molecule has 0 fully saturated rings. The molecule has 0 radical (unpaired) electrons. The number of esters is 1. The maximum Gasteiger partial charge on any atom is 0.343 e. The Morgan fingerprint density at radius 2 is 1.79 bits per heavy atom. The Morgan fingerprint density at radius 3 is 2.52 bits per heavy atom. The first kappa shape index (κ1) is 21.2. The first-order valence-electron chi connectivity index (χ1n) is 8.54. The molecule has 9 heteroatoms. The second-order valence-electron chi connectivity index (χ2n) is 6.12. The highest BCUT2D eigenvalue weighted by molar-refractivity contribution is 6.44. The summed E-state index contributed by atoms with van der Waals surface area (Å²) in [5.41, 5.74) is 1.84. The fraction of sp³-hybridized carbons (Fsp3) is 0.150. The van der Waals surface area contributed by atoms with Gasteiger partial charge in [0.15, 0.2) is 6.61 Å². The average molecular weight is 453 g/mol. The van der Waals surface area contributed by atoms with Crippen molar-refractivity contribution in [2.75, 3.05) is 11.9 Å². The highest BCUT2D eigenvalue weighted by Gasteiger charge is 2.22. The van der Waals surface area contributed by atoms with Gasteiger partial charge in [0, 0.05) is 0 Å². The molecule has 0 aliphatic rings. The zero-order valence-electron chi connectivity index (χ0n) is 15.3. The van der Waals surface area contributed by atoms with Crippen LogP contribution in [0.1, 0.15) is 21.6 Å². The number of nitrogens with zero attached hydrogens (tertiary/aromatic N) is 2. The number of hydrogen-bond donors (Lipinski definition) is 1. The third-order valence-corrected chi connectivity index (χ3v) is 5.21. The van der Waals surface area contributed by atoms with Gasteiger partial charge >= 0.3 is 5.97 Å². The molecule has 2 aromatic carbocycles. The molecule has 0 atom stereocenters. The third-order valence-electron chi connectivity index (χ3n) is 4.00. The van der Waals surface area contributed by atoms with E-state index in [1.54, 1.807) is 25.1 Å². The van der Waals surface area contributed by atoms with Crippen molar-refractivity contribution in [3.8, 4) is 0 Å². The molecule has 1 N–H and O–H groups in total. The van der Waals surface area contributed by atoms with Crippen molar-refractivity contribution in [3.63, 3.8) is 0 Å². The van der Waals surface area contributed by atoms with Crippen molar-refractivity contribution >= 4 is 52.4 Å². The van der Waals surface area contributed by atoms with Crippen LogP contribution in [0.5, 0.6) is 0 Å². The van der Waals surface area contributed by atoms with E-state index in [0.717, 1.165) is 5.56 Å². The lowest BCUT2D eigenvalue weighted by molar-refractivity contribution is -0.119. The van der Waals surface area contributed by atoms with E-state index in [1.807, 2.05) is 30.3 Å². The standard InChI is InChI=1S/C20H16Cl3N3O3/c1-12-17(19(23)26(25-12)10-13-6-3-2-4-7-13)20(28)29-11-16(27)24-15-9-5-8-14(21)18(15)22/h2-9H,10-11H2,1H3,(H,24,27). The fourth-order valence-corrected chi connectivity index (χ4v) is 3.30. The van der Waals surface area contributed by atoms with Gasteiger partial charge in [-0.15, -0.1) is 0 Å². The van der Waals surface area contributed by atoms with Crippen molar-refractivity contribution < 1.29 is 14.3 Å². The fourth-order valence-electron chi connectivity index (χ4n) is 2.64. The van der Waals surface area contributed by atoms with E-state index in [0.29, 0.717) is 22.9 Å². The van der Waals surface area contributed by atoms with Crippen molar-refractivity contribution in [1.29, 1.82) is 0 Å². The number of rotatable bonds is 6. The molecule has 6 nitrogen and oxygen atoms in total. The van der Waals surface area contributed by atoms with Crippen LogP contribution in [0.15, 0.2) is 48.5 Å². The third kappa shape index (κ3) is 5.09. The molecule has 29 heavy (non-hydrogen) atoms. The second-order valence-corrected chi connectivity index (χ2v) is 7.26. The zero-order chi connectivity index (χ0) is 21.0. The minimum absolute atomic E-state index is 0.121. The summed E-state index contributed by atoms with van der Waals surface area (Å²) in [6.07, 6.45) is 0. The summed E-state index contributed by atoms with van der Waals surface area (Å²) in [5.74, 6) is -1.30. The maximum absolute atomic E-state index is 12.4. The monoisotopic (exact) mass is 451 g/mol. The normalized spacial score (nSPS) is 10.6. The molecule has 1 aromatic heterocycles. The van der Waals surface area contributed by atoms with Gasteiger partial charge in [-0.25, -0.2) is 9.48 Å². The number of anilines is 1. The summed E-state index contributed by atoms with van der Waals surface area (Å²) in [7, 11) is 0. The van der Waals surface area contributed by atoms with Gasteiger partial charge in [0.1, 0.15) is 10.7 Å². The Kier molecular flexibility index (Phi) is 6.79. The van der Waals surface area contributed by atoms with Crippen LogP contribution < -0.4 is 5.32 Å². The molecule has 0 bridgehead atoms. The lowest BCUT2D eigenvalue weighted by Gasteiger charge is -2.09. The van der Waals surface area contributed by atoms with Crippen LogP contribution >= 0.6 is 34.8 Å². The van der Waals surface area contributed by atoms with Gasteiger partial charge in [0.2, 0.25) is 0 Å². The van der Waals surface area contributed by atoms with Crippen LogP contribution in [-0.2, 0) is 16.1 Å². The second kappa shape index (κ2) is 9.31. The van der Waals surface area contributed by atoms with Crippen LogP contribution in [0.4, 0.5) is 5.69 Å². The molecule has 3 rings (SSSR count). The molecular formula is C20H16Cl3N3O3. The largest absolute Gasteiger partial charge is 0.452 e. The Bertz CT molecular complexity index is 1050. The quantitative estimate of drug-likeness (QED) is 0.534. The zero-order valence-corrected chi connectivity index (χ0v) is 17.6. The van der Waals surface area contributed by atoms with Gasteiger partial charge in [-0.1, -0.05) is 71.2 Å². The van der Waals surface area contributed by atoms with Crippen molar-refractivity contribution in [3.05, 3.63) is 80.6 Å². The van der Waals surface area contributed by atoms with Gasteiger partial charge < -0.3 is 10.1 Å². The molecular weight excluding hydrogens is 437 g/mol. The molecule has 0 spiro atoms. The van der Waals surface area contributed by atoms with E-state index in [1.165, 1.54) is 4.68 Å². The predicted octanol–water partition coefficient (Wildman–Crippen LogP) is 5.00. The highest BCUT2D eigenvalue weighted by Crippen LogP contribution is 2.29. The van der Waals surface area contributed by atoms with Crippen molar-refractivity contribution in [1.82, 2.24) is 9.78 Å². The van der Waals surface area contributed by atoms with E-state index in [-0.39, 0.29) is 15.7 Å². The van der Waals surface area contributed by atoms with Crippen LogP contribution in [0.2, 0.25) is 15.2 Å². The Balaban J connectivity index is 1.65. The molecule has 1 amide bonds. The Morgan fingerprint density at radius 1 is 1.07 bits per heavy atom. The first-order valence-corrected chi connectivity index (χ1v) is 9.68. The average Bonchev–Trinajstić information content (AvgIpc) is 2.97. The number of hydrogen-bond acceptors (Lipinski definition) is 4. The molecule has 150 valence electrons. The van der Waals surface area contributed by atoms with Gasteiger partial charge in [-0.05, 0) is 24.6 Å². The summed E-state index contributed by atoms with van der Waals surface area (Å²) in [4.78, 5) is 24.5. The first-order chi connectivity index (χ1) is 13.9. The Labute approximate surface area is 182 Å². The summed E-state index contributed by atoms with van der Waals surface area (Å²) in [5, 5.41) is 7.48. The highest BCUT2D eigenvalue weighted by atomic mass is 35.5. The van der Waals surface area contributed by atoms with E-state index in [2.05, 4.69) is 10.4 Å². The number of amides is 1. The van der Waals surface area contributed by atoms with E-state index < -0.39 is 18.5 Å². The minimum Gasteiger partial charge on any atom is -0.452 e. The molecule has 1 heterocycles. The topological polar surface area (TPSA) is 73.2 Å². The smallest absolute Gasteiger partial charge is 0.343 e. The molecule has 0 saturated carbocycles. The van der Waals surface area contributed by atoms with Crippen molar-refractivity contribution in [2.45, 2.75) is 13.5 Å². The summed E-state index contributed by atoms with van der Waals surface area (Å²) < 4.78 is 6.60. The number of halogens is 3. The van der Waals surface area contributed by atoms with Crippen LogP contribution in [0.25, 0.3) is 0 Å². The summed E-state index contributed by atoms with van der Waals surface area (Å²) >= 11 is 18.3. The molecule has 0 aliphatic carbocycles. The van der Waals surface area contributed by atoms with Gasteiger partial charge in [-0.3, -0.25) is 4.79 Å². The van der Waals surface area contributed by atoms with Crippen LogP contribution in [0.3, 0.4) is 0 Å². The lowest BCUT2D eigenvalue weighted by atomic mass is 10.2. The molecule has 0 aliphatic heterocycles. The van der Waals surface area contributed by atoms with Crippen molar-refractivity contribution in [2.24, 2.45) is 0 Å². The van der Waals surface area contributed by atoms with Gasteiger partial charge in [0.25, 0.3) is 5.91 Å². The number of carbonyl (C=O) groups is 2. The van der Waals surface area contributed by atoms with Crippen LogP contribution in [0, 0.1) is 6.92 Å². The van der Waals surface area contributed by atoms with Gasteiger partial charge in [0.05, 0.1) is 28.0 Å². The van der Waals surface area contributed by atoms with E-state index >= 15 is 0 Å². The predicted molar refractivity (Wildman–Crippen MR) is 113 cm³/mol. The SMILES string of the molecule is Cc1nn(Cc2ccccc2)c(Cl)c1C(=O)OCC(=O)Nc1cccc(Cl)c1Cl. The number of aryl methyl sites for hydroxylation is 1.